The first kappa shape index (κ1) is 11.7. The number of rotatable bonds is 3. The SMILES string of the molecule is S=C(NCC1CC2CC1C1OC21)Nc1ccccc1. The smallest absolute Gasteiger partial charge is 0.170 e. The standard InChI is InChI=1S/C15H18N2OS/c19-15(17-11-4-2-1-3-5-11)16-8-10-6-9-7-12(10)14-13(9)18-14/h1-5,9-10,12-14H,6-8H2,(H2,16,17,19). The molecule has 1 saturated heterocycles. The number of para-hydroxylation sites is 1. The minimum atomic E-state index is 0.584. The Morgan fingerprint density at radius 2 is 2.05 bits per heavy atom. The van der Waals surface area contributed by atoms with E-state index < -0.39 is 0 Å². The molecule has 19 heavy (non-hydrogen) atoms. The number of hydrogen-bond acceptors (Lipinski definition) is 2. The van der Waals surface area contributed by atoms with E-state index in [2.05, 4.69) is 10.6 Å². The maximum absolute atomic E-state index is 5.70. The largest absolute Gasteiger partial charge is 0.369 e. The number of nitrogens with one attached hydrogen (secondary N) is 2. The second-order valence-corrected chi connectivity index (χ2v) is 6.33. The molecule has 0 amide bonds. The van der Waals surface area contributed by atoms with Crippen LogP contribution in [-0.2, 0) is 4.74 Å². The topological polar surface area (TPSA) is 36.6 Å². The second kappa shape index (κ2) is 4.46. The second-order valence-electron chi connectivity index (χ2n) is 5.92. The van der Waals surface area contributed by atoms with Crippen LogP contribution in [0.4, 0.5) is 5.69 Å². The normalized spacial score (nSPS) is 37.8. The van der Waals surface area contributed by atoms with Crippen molar-refractivity contribution in [3.05, 3.63) is 30.3 Å². The molecule has 2 saturated carbocycles. The van der Waals surface area contributed by atoms with Crippen LogP contribution in [-0.4, -0.2) is 23.9 Å². The number of fused-ring (bicyclic) bond motifs is 5. The van der Waals surface area contributed by atoms with Crippen molar-refractivity contribution >= 4 is 23.0 Å². The van der Waals surface area contributed by atoms with Crippen molar-refractivity contribution in [2.75, 3.05) is 11.9 Å². The molecule has 100 valence electrons. The lowest BCUT2D eigenvalue weighted by Crippen LogP contribution is -2.35. The van der Waals surface area contributed by atoms with Crippen molar-refractivity contribution in [1.29, 1.82) is 0 Å². The van der Waals surface area contributed by atoms with E-state index in [1.54, 1.807) is 0 Å². The summed E-state index contributed by atoms with van der Waals surface area (Å²) in [7, 11) is 0. The maximum Gasteiger partial charge on any atom is 0.170 e. The van der Waals surface area contributed by atoms with Crippen LogP contribution in [0.1, 0.15) is 12.8 Å². The Balaban J connectivity index is 1.28. The lowest BCUT2D eigenvalue weighted by molar-refractivity contribution is 0.250. The van der Waals surface area contributed by atoms with E-state index in [0.717, 1.165) is 35.1 Å². The Labute approximate surface area is 118 Å². The zero-order valence-corrected chi connectivity index (χ0v) is 11.5. The summed E-state index contributed by atoms with van der Waals surface area (Å²) in [5, 5.41) is 7.31. The van der Waals surface area contributed by atoms with E-state index in [1.807, 2.05) is 30.3 Å². The lowest BCUT2D eigenvalue weighted by Gasteiger charge is -2.20. The predicted molar refractivity (Wildman–Crippen MR) is 79.0 cm³/mol. The summed E-state index contributed by atoms with van der Waals surface area (Å²) in [6.45, 7) is 0.979. The van der Waals surface area contributed by atoms with Crippen LogP contribution in [0.25, 0.3) is 0 Å². The fourth-order valence-electron chi connectivity index (χ4n) is 3.89. The van der Waals surface area contributed by atoms with Crippen LogP contribution < -0.4 is 10.6 Å². The molecule has 0 spiro atoms. The molecule has 5 atom stereocenters. The van der Waals surface area contributed by atoms with Crippen LogP contribution in [0.3, 0.4) is 0 Å². The molecule has 3 aliphatic rings. The van der Waals surface area contributed by atoms with Gasteiger partial charge in [0.15, 0.2) is 5.11 Å². The summed E-state index contributed by atoms with van der Waals surface area (Å²) in [5.41, 5.74) is 1.04. The van der Waals surface area contributed by atoms with Crippen molar-refractivity contribution in [2.45, 2.75) is 25.0 Å². The van der Waals surface area contributed by atoms with Gasteiger partial charge in [-0.1, -0.05) is 18.2 Å². The third kappa shape index (κ3) is 2.13. The summed E-state index contributed by atoms with van der Waals surface area (Å²) in [6, 6.07) is 10.1. The van der Waals surface area contributed by atoms with Gasteiger partial charge in [-0.25, -0.2) is 0 Å². The van der Waals surface area contributed by atoms with Gasteiger partial charge in [0.1, 0.15) is 0 Å². The number of thiocarbonyl (C=S) groups is 1. The van der Waals surface area contributed by atoms with Crippen molar-refractivity contribution < 1.29 is 4.74 Å². The van der Waals surface area contributed by atoms with Crippen LogP contribution in [0, 0.1) is 17.8 Å². The van der Waals surface area contributed by atoms with E-state index in [1.165, 1.54) is 12.8 Å². The van der Waals surface area contributed by atoms with Crippen molar-refractivity contribution in [3.8, 4) is 0 Å². The van der Waals surface area contributed by atoms with E-state index in [9.17, 15) is 0 Å². The first-order valence-corrected chi connectivity index (χ1v) is 7.47. The van der Waals surface area contributed by atoms with E-state index >= 15 is 0 Å². The molecule has 5 unspecified atom stereocenters. The van der Waals surface area contributed by atoms with Crippen LogP contribution in [0.2, 0.25) is 0 Å². The van der Waals surface area contributed by atoms with Crippen LogP contribution in [0.5, 0.6) is 0 Å². The zero-order chi connectivity index (χ0) is 12.8. The Bertz CT molecular complexity index is 492. The van der Waals surface area contributed by atoms with Gasteiger partial charge in [-0.3, -0.25) is 0 Å². The quantitative estimate of drug-likeness (QED) is 0.655. The monoisotopic (exact) mass is 274 g/mol. The molecule has 0 aromatic heterocycles. The Morgan fingerprint density at radius 1 is 1.21 bits per heavy atom. The number of anilines is 1. The molecule has 2 N–H and O–H groups in total. The first-order valence-electron chi connectivity index (χ1n) is 7.06. The molecule has 1 aliphatic heterocycles. The zero-order valence-electron chi connectivity index (χ0n) is 10.7. The van der Waals surface area contributed by atoms with E-state index in [4.69, 9.17) is 17.0 Å². The number of ether oxygens (including phenoxy) is 1. The minimum absolute atomic E-state index is 0.584. The molecule has 2 bridgehead atoms. The predicted octanol–water partition coefficient (Wildman–Crippen LogP) is 2.40. The van der Waals surface area contributed by atoms with Gasteiger partial charge in [0.2, 0.25) is 0 Å². The summed E-state index contributed by atoms with van der Waals surface area (Å²) in [6.07, 6.45) is 3.89. The Hall–Kier alpha value is -1.13. The molecule has 1 heterocycles. The van der Waals surface area contributed by atoms with E-state index in [-0.39, 0.29) is 0 Å². The van der Waals surface area contributed by atoms with Gasteiger partial charge in [0.25, 0.3) is 0 Å². The van der Waals surface area contributed by atoms with Crippen molar-refractivity contribution in [1.82, 2.24) is 5.32 Å². The highest BCUT2D eigenvalue weighted by molar-refractivity contribution is 7.80. The van der Waals surface area contributed by atoms with Crippen LogP contribution >= 0.6 is 12.2 Å². The third-order valence-corrected chi connectivity index (χ3v) is 5.04. The number of epoxide rings is 1. The first-order chi connectivity index (χ1) is 9.31. The molecule has 3 nitrogen and oxygen atoms in total. The summed E-state index contributed by atoms with van der Waals surface area (Å²) < 4.78 is 5.70. The molecular weight excluding hydrogens is 256 g/mol. The summed E-state index contributed by atoms with van der Waals surface area (Å²) >= 11 is 5.34. The highest BCUT2D eigenvalue weighted by Crippen LogP contribution is 2.58. The minimum Gasteiger partial charge on any atom is -0.369 e. The van der Waals surface area contributed by atoms with Gasteiger partial charge >= 0.3 is 0 Å². The van der Waals surface area contributed by atoms with E-state index in [0.29, 0.717) is 12.2 Å². The van der Waals surface area contributed by atoms with Crippen LogP contribution in [0.15, 0.2) is 30.3 Å². The van der Waals surface area contributed by atoms with Crippen molar-refractivity contribution in [2.24, 2.45) is 17.8 Å². The summed E-state index contributed by atoms with van der Waals surface area (Å²) in [4.78, 5) is 0. The van der Waals surface area contributed by atoms with Gasteiger partial charge in [-0.15, -0.1) is 0 Å². The highest BCUT2D eigenvalue weighted by Gasteiger charge is 2.62. The number of benzene rings is 1. The Morgan fingerprint density at radius 3 is 2.79 bits per heavy atom. The molecular formula is C15H18N2OS. The van der Waals surface area contributed by atoms with Gasteiger partial charge in [0.05, 0.1) is 12.2 Å². The molecule has 4 rings (SSSR count). The van der Waals surface area contributed by atoms with Gasteiger partial charge in [-0.05, 0) is 54.9 Å². The van der Waals surface area contributed by atoms with Gasteiger partial charge in [-0.2, -0.15) is 0 Å². The highest BCUT2D eigenvalue weighted by atomic mass is 32.1. The molecule has 3 fully saturated rings. The molecule has 1 aromatic carbocycles. The van der Waals surface area contributed by atoms with Gasteiger partial charge < -0.3 is 15.4 Å². The van der Waals surface area contributed by atoms with Crippen molar-refractivity contribution in [3.63, 3.8) is 0 Å². The third-order valence-electron chi connectivity index (χ3n) is 4.79. The average molecular weight is 274 g/mol. The Kier molecular flexibility index (Phi) is 2.74. The maximum atomic E-state index is 5.70. The molecule has 4 heteroatoms. The fraction of sp³-hybridized carbons (Fsp3) is 0.533. The van der Waals surface area contributed by atoms with Gasteiger partial charge in [0, 0.05) is 12.2 Å². The molecule has 0 radical (unpaired) electrons. The molecule has 1 aromatic rings. The molecule has 2 aliphatic carbocycles. The number of hydrogen-bond donors (Lipinski definition) is 2. The lowest BCUT2D eigenvalue weighted by atomic mass is 9.89. The average Bonchev–Trinajstić information content (AvgIpc) is 3.04. The fourth-order valence-corrected chi connectivity index (χ4v) is 4.09. The summed E-state index contributed by atoms with van der Waals surface area (Å²) in [5.74, 6) is 2.35.